The molecule has 1 aliphatic rings. The van der Waals surface area contributed by atoms with Crippen LogP contribution in [0.5, 0.6) is 0 Å². The molecule has 0 atom stereocenters. The van der Waals surface area contributed by atoms with Crippen molar-refractivity contribution < 1.29 is 14.0 Å². The van der Waals surface area contributed by atoms with Crippen LogP contribution in [0, 0.1) is 5.82 Å². The number of ketones is 1. The average Bonchev–Trinajstić information content (AvgIpc) is 3.31. The third-order valence-corrected chi connectivity index (χ3v) is 6.68. The van der Waals surface area contributed by atoms with Crippen molar-refractivity contribution in [3.8, 4) is 0 Å². The summed E-state index contributed by atoms with van der Waals surface area (Å²) in [7, 11) is 0. The molecule has 4 aromatic rings. The van der Waals surface area contributed by atoms with Crippen LogP contribution in [0.25, 0.3) is 27.7 Å². The van der Waals surface area contributed by atoms with Crippen molar-refractivity contribution in [3.05, 3.63) is 158 Å². The SMILES string of the molecule is [N-]=[N+]=NCc1ccc(C=C2C=C(CC(=O)NCc3ccc(C(=O)c4ccccc4)cc3)c3cc(F)ccc32)cc1. The molecule has 196 valence electrons. The van der Waals surface area contributed by atoms with E-state index in [2.05, 4.69) is 15.3 Å². The molecule has 0 saturated carbocycles. The molecule has 1 aliphatic carbocycles. The highest BCUT2D eigenvalue weighted by atomic mass is 19.1. The zero-order valence-corrected chi connectivity index (χ0v) is 21.5. The first-order valence-corrected chi connectivity index (χ1v) is 12.8. The fraction of sp³-hybridized carbons (Fsp3) is 0.0909. The highest BCUT2D eigenvalue weighted by Crippen LogP contribution is 2.38. The average molecular weight is 529 g/mol. The second-order valence-electron chi connectivity index (χ2n) is 9.44. The Hall–Kier alpha value is -5.26. The number of allylic oxidation sites excluding steroid dienone is 2. The normalized spacial score (nSPS) is 12.8. The molecule has 0 radical (unpaired) electrons. The lowest BCUT2D eigenvalue weighted by atomic mass is 10.0. The van der Waals surface area contributed by atoms with Crippen molar-refractivity contribution in [3.63, 3.8) is 0 Å². The van der Waals surface area contributed by atoms with Crippen molar-refractivity contribution in [2.75, 3.05) is 0 Å². The van der Waals surface area contributed by atoms with Crippen LogP contribution in [0.1, 0.15) is 50.2 Å². The second kappa shape index (κ2) is 12.1. The number of nitrogens with one attached hydrogen (secondary N) is 1. The van der Waals surface area contributed by atoms with Gasteiger partial charge in [-0.2, -0.15) is 0 Å². The van der Waals surface area contributed by atoms with Crippen LogP contribution in [0.2, 0.25) is 0 Å². The predicted octanol–water partition coefficient (Wildman–Crippen LogP) is 7.51. The summed E-state index contributed by atoms with van der Waals surface area (Å²) in [5, 5.41) is 6.50. The third kappa shape index (κ3) is 6.23. The number of hydrogen-bond acceptors (Lipinski definition) is 3. The molecule has 1 N–H and O–H groups in total. The van der Waals surface area contributed by atoms with E-state index < -0.39 is 0 Å². The number of halogens is 1. The molecule has 6 nitrogen and oxygen atoms in total. The summed E-state index contributed by atoms with van der Waals surface area (Å²) in [5.41, 5.74) is 15.6. The van der Waals surface area contributed by atoms with Crippen LogP contribution in [-0.4, -0.2) is 11.7 Å². The Morgan fingerprint density at radius 2 is 1.55 bits per heavy atom. The van der Waals surface area contributed by atoms with Crippen LogP contribution in [0.15, 0.2) is 108 Å². The first-order valence-electron chi connectivity index (χ1n) is 12.8. The molecule has 40 heavy (non-hydrogen) atoms. The summed E-state index contributed by atoms with van der Waals surface area (Å²) >= 11 is 0. The molecule has 0 heterocycles. The van der Waals surface area contributed by atoms with Gasteiger partial charge < -0.3 is 5.32 Å². The van der Waals surface area contributed by atoms with Gasteiger partial charge in [0.1, 0.15) is 5.82 Å². The van der Waals surface area contributed by atoms with E-state index >= 15 is 0 Å². The number of benzene rings is 4. The van der Waals surface area contributed by atoms with E-state index in [9.17, 15) is 14.0 Å². The van der Waals surface area contributed by atoms with E-state index in [1.165, 1.54) is 12.1 Å². The molecule has 7 heteroatoms. The van der Waals surface area contributed by atoms with Crippen molar-refractivity contribution >= 4 is 28.9 Å². The lowest BCUT2D eigenvalue weighted by molar-refractivity contribution is -0.120. The van der Waals surface area contributed by atoms with E-state index in [1.807, 2.05) is 66.7 Å². The standard InChI is InChI=1S/C33H25FN4O2/c34-29-14-15-30-27(16-22-6-8-24(9-7-22)21-37-38-35)17-28(31(30)19-29)18-32(39)36-20-23-10-12-26(13-11-23)33(40)25-4-2-1-3-5-25/h1-17,19H,18,20-21H2,(H,36,39). The number of fused-ring (bicyclic) bond motifs is 1. The predicted molar refractivity (Wildman–Crippen MR) is 154 cm³/mol. The molecule has 0 aliphatic heterocycles. The third-order valence-electron chi connectivity index (χ3n) is 6.68. The van der Waals surface area contributed by atoms with Crippen molar-refractivity contribution in [2.45, 2.75) is 19.5 Å². The van der Waals surface area contributed by atoms with E-state index in [1.54, 1.807) is 30.3 Å². The monoisotopic (exact) mass is 528 g/mol. The van der Waals surface area contributed by atoms with E-state index in [4.69, 9.17) is 5.53 Å². The molecular weight excluding hydrogens is 503 g/mol. The Morgan fingerprint density at radius 3 is 2.27 bits per heavy atom. The number of amides is 1. The number of azide groups is 1. The Labute approximate surface area is 231 Å². The largest absolute Gasteiger partial charge is 0.352 e. The first-order chi connectivity index (χ1) is 19.5. The fourth-order valence-corrected chi connectivity index (χ4v) is 4.62. The van der Waals surface area contributed by atoms with Gasteiger partial charge in [0.25, 0.3) is 0 Å². The van der Waals surface area contributed by atoms with Crippen LogP contribution in [-0.2, 0) is 17.9 Å². The van der Waals surface area contributed by atoms with E-state index in [0.717, 1.165) is 33.4 Å². The molecule has 0 saturated heterocycles. The number of rotatable bonds is 9. The molecule has 1 amide bonds. The maximum atomic E-state index is 14.1. The number of hydrogen-bond donors (Lipinski definition) is 1. The van der Waals surface area contributed by atoms with Gasteiger partial charge in [-0.3, -0.25) is 9.59 Å². The Morgan fingerprint density at radius 1 is 0.850 bits per heavy atom. The maximum absolute atomic E-state index is 14.1. The van der Waals surface area contributed by atoms with Crippen LogP contribution in [0.3, 0.4) is 0 Å². The number of carbonyl (C=O) groups excluding carboxylic acids is 2. The fourth-order valence-electron chi connectivity index (χ4n) is 4.62. The van der Waals surface area contributed by atoms with E-state index in [0.29, 0.717) is 23.2 Å². The molecule has 4 aromatic carbocycles. The van der Waals surface area contributed by atoms with Gasteiger partial charge in [-0.1, -0.05) is 90.0 Å². The van der Waals surface area contributed by atoms with Gasteiger partial charge in [0.15, 0.2) is 5.78 Å². The summed E-state index contributed by atoms with van der Waals surface area (Å²) in [6, 6.07) is 28.5. The highest BCUT2D eigenvalue weighted by molar-refractivity contribution is 6.09. The Bertz CT molecular complexity index is 1670. The quantitative estimate of drug-likeness (QED) is 0.105. The molecule has 0 bridgehead atoms. The molecular formula is C33H25FN4O2. The summed E-state index contributed by atoms with van der Waals surface area (Å²) in [6.45, 7) is 0.595. The van der Waals surface area contributed by atoms with Crippen LogP contribution >= 0.6 is 0 Å². The highest BCUT2D eigenvalue weighted by Gasteiger charge is 2.21. The van der Waals surface area contributed by atoms with E-state index in [-0.39, 0.29) is 30.5 Å². The molecule has 0 aromatic heterocycles. The van der Waals surface area contributed by atoms with Gasteiger partial charge >= 0.3 is 0 Å². The minimum atomic E-state index is -0.362. The maximum Gasteiger partial charge on any atom is 0.224 e. The van der Waals surface area contributed by atoms with Gasteiger partial charge in [-0.25, -0.2) is 4.39 Å². The van der Waals surface area contributed by atoms with Gasteiger partial charge in [0.05, 0.1) is 13.0 Å². The van der Waals surface area contributed by atoms with Crippen molar-refractivity contribution in [2.24, 2.45) is 5.11 Å². The summed E-state index contributed by atoms with van der Waals surface area (Å²) < 4.78 is 14.1. The minimum absolute atomic E-state index is 0.0526. The molecule has 5 rings (SSSR count). The summed E-state index contributed by atoms with van der Waals surface area (Å²) in [4.78, 5) is 28.3. The summed E-state index contributed by atoms with van der Waals surface area (Å²) in [6.07, 6.45) is 4.00. The number of nitrogens with zero attached hydrogens (tertiary/aromatic N) is 3. The molecule has 0 unspecified atom stereocenters. The van der Waals surface area contributed by atoms with Gasteiger partial charge in [0.2, 0.25) is 5.91 Å². The molecule has 0 spiro atoms. The zero-order chi connectivity index (χ0) is 27.9. The minimum Gasteiger partial charge on any atom is -0.352 e. The molecule has 0 fully saturated rings. The Kier molecular flexibility index (Phi) is 7.95. The Balaban J connectivity index is 1.26. The lowest BCUT2D eigenvalue weighted by Crippen LogP contribution is -2.22. The summed E-state index contributed by atoms with van der Waals surface area (Å²) in [5.74, 6) is -0.600. The number of carbonyl (C=O) groups is 2. The van der Waals surface area contributed by atoms with Crippen LogP contribution < -0.4 is 5.32 Å². The zero-order valence-electron chi connectivity index (χ0n) is 21.5. The lowest BCUT2D eigenvalue weighted by Gasteiger charge is -2.09. The first kappa shape index (κ1) is 26.4. The van der Waals surface area contributed by atoms with Crippen molar-refractivity contribution in [1.29, 1.82) is 0 Å². The van der Waals surface area contributed by atoms with Gasteiger partial charge in [0, 0.05) is 22.6 Å². The van der Waals surface area contributed by atoms with Gasteiger partial charge in [-0.15, -0.1) is 0 Å². The van der Waals surface area contributed by atoms with Crippen LogP contribution in [0.4, 0.5) is 4.39 Å². The van der Waals surface area contributed by atoms with Gasteiger partial charge in [-0.05, 0) is 68.8 Å². The smallest absolute Gasteiger partial charge is 0.224 e. The van der Waals surface area contributed by atoms with Crippen molar-refractivity contribution in [1.82, 2.24) is 5.32 Å². The second-order valence-corrected chi connectivity index (χ2v) is 9.44. The topological polar surface area (TPSA) is 94.9 Å².